The summed E-state index contributed by atoms with van der Waals surface area (Å²) < 4.78 is 0. The van der Waals surface area contributed by atoms with E-state index in [1.165, 1.54) is 135 Å². The van der Waals surface area contributed by atoms with Crippen molar-refractivity contribution >= 4 is 0 Å². The average Bonchev–Trinajstić information content (AvgIpc) is 2.76. The fourth-order valence-corrected chi connectivity index (χ4v) is 3.95. The lowest BCUT2D eigenvalue weighted by Gasteiger charge is -2.04. The molecular weight excluding hydrogens is 360 g/mol. The fourth-order valence-electron chi connectivity index (χ4n) is 3.95. The molecule has 0 saturated carbocycles. The summed E-state index contributed by atoms with van der Waals surface area (Å²) in [4.78, 5) is 0. The van der Waals surface area contributed by atoms with E-state index in [2.05, 4.69) is 25.2 Å². The first kappa shape index (κ1) is 29.0. The van der Waals surface area contributed by atoms with E-state index in [0.29, 0.717) is 0 Å². The van der Waals surface area contributed by atoms with Crippen molar-refractivity contribution in [2.24, 2.45) is 0 Å². The predicted molar refractivity (Wildman–Crippen MR) is 139 cm³/mol. The van der Waals surface area contributed by atoms with E-state index in [9.17, 15) is 0 Å². The topological polar surface area (TPSA) is 0 Å². The Labute approximate surface area is 191 Å². The van der Waals surface area contributed by atoms with Gasteiger partial charge in [0.15, 0.2) is 0 Å². The minimum absolute atomic E-state index is 1.20. The second-order valence-corrected chi connectivity index (χ2v) is 8.90. The van der Waals surface area contributed by atoms with Gasteiger partial charge in [0.2, 0.25) is 0 Å². The van der Waals surface area contributed by atoms with Crippen LogP contribution in [0, 0.1) is 6.58 Å². The molecule has 0 atom stereocenters. The first-order chi connectivity index (χ1) is 14.9. The van der Waals surface area contributed by atoms with Crippen LogP contribution in [0.15, 0.2) is 42.5 Å². The van der Waals surface area contributed by atoms with Crippen molar-refractivity contribution in [3.63, 3.8) is 0 Å². The third kappa shape index (κ3) is 27.0. The first-order valence-corrected chi connectivity index (χ1v) is 13.4. The van der Waals surface area contributed by atoms with Crippen LogP contribution in [-0.4, -0.2) is 0 Å². The quantitative estimate of drug-likeness (QED) is 0.109. The molecule has 0 fully saturated rings. The Morgan fingerprint density at radius 3 is 1.13 bits per heavy atom. The molecule has 0 bridgehead atoms. The van der Waals surface area contributed by atoms with E-state index in [4.69, 9.17) is 6.58 Å². The Morgan fingerprint density at radius 2 is 0.733 bits per heavy atom. The highest BCUT2D eigenvalue weighted by molar-refractivity contribution is 5.13. The van der Waals surface area contributed by atoms with Gasteiger partial charge in [-0.2, -0.15) is 0 Å². The molecule has 0 spiro atoms. The lowest BCUT2D eigenvalue weighted by molar-refractivity contribution is 0.522. The molecule has 0 rings (SSSR count). The SMILES string of the molecule is [CH]=C/C=C/C=C/C=C/CCCCCCCCCCCCCCCCCCCCCC. The fraction of sp³-hybridized carbons (Fsp3) is 0.733. The average molecular weight is 414 g/mol. The van der Waals surface area contributed by atoms with Crippen molar-refractivity contribution in [1.29, 1.82) is 0 Å². The lowest BCUT2D eigenvalue weighted by Crippen LogP contribution is -1.84. The minimum Gasteiger partial charge on any atom is -0.0845 e. The smallest absolute Gasteiger partial charge is 0.0348 e. The number of rotatable bonds is 24. The number of unbranched alkanes of at least 4 members (excludes halogenated alkanes) is 20. The molecular formula is C30H53. The van der Waals surface area contributed by atoms with Crippen molar-refractivity contribution in [1.82, 2.24) is 0 Å². The summed E-state index contributed by atoms with van der Waals surface area (Å²) in [5.74, 6) is 0. The molecule has 30 heavy (non-hydrogen) atoms. The number of hydrogen-bond acceptors (Lipinski definition) is 0. The summed E-state index contributed by atoms with van der Waals surface area (Å²) in [6.45, 7) is 7.56. The largest absolute Gasteiger partial charge is 0.0845 e. The standard InChI is InChI=1S/C30H53/c1-3-5-7-9-11-13-15-17-19-21-23-25-27-29-30-28-26-24-22-20-18-16-14-12-10-8-6-4-2/h1,3,5,7,9,11,13,15H,4,6,8,10,12,14,16-30H2,2H3/b3-1?,7-5+,11-9+,15-13+. The normalized spacial score (nSPS) is 12.0. The van der Waals surface area contributed by atoms with E-state index in [-0.39, 0.29) is 0 Å². The first-order valence-electron chi connectivity index (χ1n) is 13.4. The zero-order chi connectivity index (χ0) is 21.8. The maximum atomic E-state index is 5.27. The van der Waals surface area contributed by atoms with Gasteiger partial charge in [-0.05, 0) is 12.8 Å². The Hall–Kier alpha value is -1.04. The van der Waals surface area contributed by atoms with Gasteiger partial charge in [0, 0.05) is 0 Å². The minimum atomic E-state index is 1.20. The van der Waals surface area contributed by atoms with E-state index in [1.54, 1.807) is 6.08 Å². The van der Waals surface area contributed by atoms with Crippen molar-refractivity contribution in [3.05, 3.63) is 49.1 Å². The van der Waals surface area contributed by atoms with Gasteiger partial charge in [-0.25, -0.2) is 0 Å². The highest BCUT2D eigenvalue weighted by Crippen LogP contribution is 2.15. The Kier molecular flexibility index (Phi) is 27.0. The van der Waals surface area contributed by atoms with Crippen LogP contribution in [0.4, 0.5) is 0 Å². The van der Waals surface area contributed by atoms with Gasteiger partial charge >= 0.3 is 0 Å². The van der Waals surface area contributed by atoms with Gasteiger partial charge in [-0.1, -0.05) is 178 Å². The summed E-state index contributed by atoms with van der Waals surface area (Å²) in [5, 5.41) is 0. The zero-order valence-electron chi connectivity index (χ0n) is 20.5. The molecule has 173 valence electrons. The molecule has 0 aliphatic carbocycles. The third-order valence-corrected chi connectivity index (χ3v) is 5.92. The van der Waals surface area contributed by atoms with Crippen molar-refractivity contribution < 1.29 is 0 Å². The van der Waals surface area contributed by atoms with Crippen LogP contribution in [0.1, 0.15) is 142 Å². The molecule has 0 aromatic rings. The molecule has 0 aliphatic heterocycles. The van der Waals surface area contributed by atoms with Gasteiger partial charge in [0.1, 0.15) is 0 Å². The Bertz CT molecular complexity index is 398. The van der Waals surface area contributed by atoms with Gasteiger partial charge in [0.05, 0.1) is 0 Å². The maximum Gasteiger partial charge on any atom is -0.0348 e. The monoisotopic (exact) mass is 413 g/mol. The van der Waals surface area contributed by atoms with E-state index in [0.717, 1.165) is 0 Å². The molecule has 0 saturated heterocycles. The Morgan fingerprint density at radius 1 is 0.400 bits per heavy atom. The molecule has 0 aromatic heterocycles. The summed E-state index contributed by atoms with van der Waals surface area (Å²) in [6.07, 6.45) is 43.9. The molecule has 1 radical (unpaired) electrons. The van der Waals surface area contributed by atoms with Gasteiger partial charge in [-0.3, -0.25) is 0 Å². The summed E-state index contributed by atoms with van der Waals surface area (Å²) in [5.41, 5.74) is 0. The van der Waals surface area contributed by atoms with Crippen molar-refractivity contribution in [2.45, 2.75) is 142 Å². The molecule has 0 N–H and O–H groups in total. The van der Waals surface area contributed by atoms with E-state index in [1.807, 2.05) is 18.2 Å². The highest BCUT2D eigenvalue weighted by atomic mass is 14.0. The van der Waals surface area contributed by atoms with Gasteiger partial charge in [-0.15, -0.1) is 0 Å². The van der Waals surface area contributed by atoms with Crippen LogP contribution in [-0.2, 0) is 0 Å². The van der Waals surface area contributed by atoms with Gasteiger partial charge < -0.3 is 0 Å². The maximum absolute atomic E-state index is 5.27. The summed E-state index contributed by atoms with van der Waals surface area (Å²) >= 11 is 0. The molecule has 0 amide bonds. The molecule has 0 aromatic carbocycles. The number of hydrogen-bond donors (Lipinski definition) is 0. The van der Waals surface area contributed by atoms with Crippen molar-refractivity contribution in [3.8, 4) is 0 Å². The molecule has 0 heteroatoms. The van der Waals surface area contributed by atoms with E-state index < -0.39 is 0 Å². The highest BCUT2D eigenvalue weighted by Gasteiger charge is 1.95. The molecule has 0 unspecified atom stereocenters. The van der Waals surface area contributed by atoms with Crippen LogP contribution in [0.2, 0.25) is 0 Å². The predicted octanol–water partition coefficient (Wildman–Crippen LogP) is 10.9. The zero-order valence-corrected chi connectivity index (χ0v) is 20.5. The number of allylic oxidation sites excluding steroid dienone is 7. The summed E-state index contributed by atoms with van der Waals surface area (Å²) in [7, 11) is 0. The van der Waals surface area contributed by atoms with Crippen LogP contribution >= 0.6 is 0 Å². The van der Waals surface area contributed by atoms with E-state index >= 15 is 0 Å². The van der Waals surface area contributed by atoms with Crippen LogP contribution < -0.4 is 0 Å². The van der Waals surface area contributed by atoms with Crippen LogP contribution in [0.25, 0.3) is 0 Å². The van der Waals surface area contributed by atoms with Crippen molar-refractivity contribution in [2.75, 3.05) is 0 Å². The van der Waals surface area contributed by atoms with Crippen LogP contribution in [0.5, 0.6) is 0 Å². The van der Waals surface area contributed by atoms with Gasteiger partial charge in [0.25, 0.3) is 0 Å². The molecule has 0 nitrogen and oxygen atoms in total. The van der Waals surface area contributed by atoms with Crippen LogP contribution in [0.3, 0.4) is 0 Å². The second-order valence-electron chi connectivity index (χ2n) is 8.90. The molecule has 0 heterocycles. The molecule has 0 aliphatic rings. The lowest BCUT2D eigenvalue weighted by atomic mass is 10.0. The third-order valence-electron chi connectivity index (χ3n) is 5.92. The Balaban J connectivity index is 3.09. The summed E-state index contributed by atoms with van der Waals surface area (Å²) in [6, 6.07) is 0. The second kappa shape index (κ2) is 28.0.